The van der Waals surface area contributed by atoms with Crippen molar-refractivity contribution in [3.63, 3.8) is 0 Å². The molecule has 0 radical (unpaired) electrons. The van der Waals surface area contributed by atoms with Gasteiger partial charge in [0, 0.05) is 37.9 Å². The Balaban J connectivity index is 1.96. The monoisotopic (exact) mass is 326 g/mol. The van der Waals surface area contributed by atoms with E-state index in [9.17, 15) is 9.90 Å². The molecule has 24 heavy (non-hydrogen) atoms. The fourth-order valence-electron chi connectivity index (χ4n) is 2.96. The van der Waals surface area contributed by atoms with Crippen molar-refractivity contribution in [3.8, 4) is 11.4 Å². The minimum absolute atomic E-state index is 0.163. The van der Waals surface area contributed by atoms with Crippen LogP contribution >= 0.6 is 0 Å². The Bertz CT molecular complexity index is 740. The quantitative estimate of drug-likeness (QED) is 0.930. The van der Waals surface area contributed by atoms with Gasteiger partial charge in [0.25, 0.3) is 0 Å². The number of carbonyl (C=O) groups is 1. The van der Waals surface area contributed by atoms with Crippen LogP contribution in [0.4, 0.5) is 5.82 Å². The maximum atomic E-state index is 11.6. The SMILES string of the molecule is CCN1CCN(c2nc(-c3cccc(C)c3)ncc2C(=O)O)CC1. The molecule has 0 atom stereocenters. The predicted molar refractivity (Wildman–Crippen MR) is 93.5 cm³/mol. The van der Waals surface area contributed by atoms with Gasteiger partial charge >= 0.3 is 5.97 Å². The Morgan fingerprint density at radius 3 is 2.62 bits per heavy atom. The van der Waals surface area contributed by atoms with E-state index in [-0.39, 0.29) is 5.56 Å². The third-order valence-electron chi connectivity index (χ3n) is 4.39. The summed E-state index contributed by atoms with van der Waals surface area (Å²) in [7, 11) is 0. The van der Waals surface area contributed by atoms with Crippen LogP contribution in [-0.4, -0.2) is 58.7 Å². The largest absolute Gasteiger partial charge is 0.477 e. The van der Waals surface area contributed by atoms with Crippen LogP contribution < -0.4 is 4.90 Å². The standard InChI is InChI=1S/C18H22N4O2/c1-3-21-7-9-22(10-8-21)17-15(18(23)24)12-19-16(20-17)14-6-4-5-13(2)11-14/h4-6,11-12H,3,7-10H2,1-2H3,(H,23,24). The zero-order chi connectivity index (χ0) is 17.1. The van der Waals surface area contributed by atoms with Gasteiger partial charge in [0.05, 0.1) is 0 Å². The van der Waals surface area contributed by atoms with Crippen LogP contribution in [0, 0.1) is 6.92 Å². The zero-order valence-electron chi connectivity index (χ0n) is 14.1. The highest BCUT2D eigenvalue weighted by molar-refractivity contribution is 5.93. The summed E-state index contributed by atoms with van der Waals surface area (Å²) in [5, 5.41) is 9.48. The first-order valence-corrected chi connectivity index (χ1v) is 8.23. The van der Waals surface area contributed by atoms with Crippen LogP contribution in [0.1, 0.15) is 22.8 Å². The van der Waals surface area contributed by atoms with E-state index in [2.05, 4.69) is 26.7 Å². The molecule has 1 N–H and O–H groups in total. The third kappa shape index (κ3) is 3.38. The second-order valence-electron chi connectivity index (χ2n) is 6.03. The summed E-state index contributed by atoms with van der Waals surface area (Å²) in [4.78, 5) is 24.8. The first-order chi connectivity index (χ1) is 11.6. The Morgan fingerprint density at radius 1 is 1.25 bits per heavy atom. The number of hydrogen-bond donors (Lipinski definition) is 1. The summed E-state index contributed by atoms with van der Waals surface area (Å²) in [6.07, 6.45) is 1.43. The number of rotatable bonds is 4. The van der Waals surface area contributed by atoms with Crippen molar-refractivity contribution >= 4 is 11.8 Å². The van der Waals surface area contributed by atoms with E-state index >= 15 is 0 Å². The van der Waals surface area contributed by atoms with Crippen LogP contribution in [0.3, 0.4) is 0 Å². The van der Waals surface area contributed by atoms with Gasteiger partial charge in [0.1, 0.15) is 11.4 Å². The van der Waals surface area contributed by atoms with Gasteiger partial charge < -0.3 is 14.9 Å². The van der Waals surface area contributed by atoms with Gasteiger partial charge in [-0.15, -0.1) is 0 Å². The number of carboxylic acid groups (broad SMARTS) is 1. The van der Waals surface area contributed by atoms with Crippen molar-refractivity contribution in [2.75, 3.05) is 37.6 Å². The third-order valence-corrected chi connectivity index (χ3v) is 4.39. The summed E-state index contributed by atoms with van der Waals surface area (Å²) in [6, 6.07) is 7.93. The lowest BCUT2D eigenvalue weighted by Gasteiger charge is -2.35. The summed E-state index contributed by atoms with van der Waals surface area (Å²) >= 11 is 0. The number of anilines is 1. The predicted octanol–water partition coefficient (Wildman–Crippen LogP) is 2.29. The first kappa shape index (κ1) is 16.4. The van der Waals surface area contributed by atoms with Crippen molar-refractivity contribution in [1.29, 1.82) is 0 Å². The van der Waals surface area contributed by atoms with Gasteiger partial charge in [-0.2, -0.15) is 0 Å². The number of aromatic carboxylic acids is 1. The van der Waals surface area contributed by atoms with Crippen molar-refractivity contribution in [2.45, 2.75) is 13.8 Å². The number of aromatic nitrogens is 2. The smallest absolute Gasteiger partial charge is 0.341 e. The molecule has 3 rings (SSSR count). The molecule has 6 heteroatoms. The maximum absolute atomic E-state index is 11.6. The van der Waals surface area contributed by atoms with E-state index in [4.69, 9.17) is 0 Å². The topological polar surface area (TPSA) is 69.6 Å². The van der Waals surface area contributed by atoms with E-state index in [0.29, 0.717) is 11.6 Å². The van der Waals surface area contributed by atoms with Gasteiger partial charge in [0.15, 0.2) is 5.82 Å². The van der Waals surface area contributed by atoms with E-state index in [1.165, 1.54) is 6.20 Å². The molecule has 0 saturated carbocycles. The molecule has 0 spiro atoms. The summed E-state index contributed by atoms with van der Waals surface area (Å²) in [5.41, 5.74) is 2.19. The highest BCUT2D eigenvalue weighted by Crippen LogP contribution is 2.24. The second-order valence-corrected chi connectivity index (χ2v) is 6.03. The second kappa shape index (κ2) is 6.97. The molecule has 126 valence electrons. The maximum Gasteiger partial charge on any atom is 0.341 e. The lowest BCUT2D eigenvalue weighted by atomic mass is 10.1. The van der Waals surface area contributed by atoms with Gasteiger partial charge in [-0.05, 0) is 19.5 Å². The first-order valence-electron chi connectivity index (χ1n) is 8.23. The molecule has 0 aliphatic carbocycles. The molecular formula is C18H22N4O2. The molecule has 1 aliphatic rings. The number of carboxylic acids is 1. The molecular weight excluding hydrogens is 304 g/mol. The number of nitrogens with zero attached hydrogens (tertiary/aromatic N) is 4. The normalized spacial score (nSPS) is 15.5. The number of piperazine rings is 1. The minimum atomic E-state index is -0.987. The summed E-state index contributed by atoms with van der Waals surface area (Å²) < 4.78 is 0. The van der Waals surface area contributed by atoms with Crippen LogP contribution in [0.5, 0.6) is 0 Å². The van der Waals surface area contributed by atoms with Gasteiger partial charge in [0.2, 0.25) is 0 Å². The average molecular weight is 326 g/mol. The molecule has 2 heterocycles. The highest BCUT2D eigenvalue weighted by Gasteiger charge is 2.23. The number of hydrogen-bond acceptors (Lipinski definition) is 5. The average Bonchev–Trinajstić information content (AvgIpc) is 2.61. The molecule has 1 aliphatic heterocycles. The molecule has 6 nitrogen and oxygen atoms in total. The Kier molecular flexibility index (Phi) is 4.76. The van der Waals surface area contributed by atoms with Gasteiger partial charge in [-0.3, -0.25) is 0 Å². The Labute approximate surface area is 141 Å². The van der Waals surface area contributed by atoms with Crippen LogP contribution in [0.2, 0.25) is 0 Å². The highest BCUT2D eigenvalue weighted by atomic mass is 16.4. The van der Waals surface area contributed by atoms with Crippen molar-refractivity contribution in [3.05, 3.63) is 41.6 Å². The molecule has 1 aromatic carbocycles. The van der Waals surface area contributed by atoms with E-state index in [1.807, 2.05) is 31.2 Å². The minimum Gasteiger partial charge on any atom is -0.477 e. The number of aryl methyl sites for hydroxylation is 1. The molecule has 1 saturated heterocycles. The molecule has 1 fully saturated rings. The molecule has 2 aromatic rings. The molecule has 0 bridgehead atoms. The lowest BCUT2D eigenvalue weighted by molar-refractivity contribution is 0.0696. The summed E-state index contributed by atoms with van der Waals surface area (Å²) in [6.45, 7) is 8.55. The van der Waals surface area contributed by atoms with Crippen molar-refractivity contribution < 1.29 is 9.90 Å². The zero-order valence-corrected chi connectivity index (χ0v) is 14.1. The fraction of sp³-hybridized carbons (Fsp3) is 0.389. The molecule has 0 unspecified atom stereocenters. The molecule has 0 amide bonds. The van der Waals surface area contributed by atoms with Gasteiger partial charge in [-0.1, -0.05) is 30.7 Å². The van der Waals surface area contributed by atoms with Crippen LogP contribution in [-0.2, 0) is 0 Å². The summed E-state index contributed by atoms with van der Waals surface area (Å²) in [5.74, 6) is 0.0973. The van der Waals surface area contributed by atoms with Crippen molar-refractivity contribution in [2.24, 2.45) is 0 Å². The van der Waals surface area contributed by atoms with Crippen molar-refractivity contribution in [1.82, 2.24) is 14.9 Å². The van der Waals surface area contributed by atoms with E-state index < -0.39 is 5.97 Å². The fourth-order valence-corrected chi connectivity index (χ4v) is 2.96. The van der Waals surface area contributed by atoms with Crippen LogP contribution in [0.15, 0.2) is 30.5 Å². The van der Waals surface area contributed by atoms with E-state index in [0.717, 1.165) is 43.9 Å². The van der Waals surface area contributed by atoms with Gasteiger partial charge in [-0.25, -0.2) is 14.8 Å². The molecule has 1 aromatic heterocycles. The number of benzene rings is 1. The Morgan fingerprint density at radius 2 is 2.00 bits per heavy atom. The van der Waals surface area contributed by atoms with Crippen LogP contribution in [0.25, 0.3) is 11.4 Å². The Hall–Kier alpha value is -2.47. The lowest BCUT2D eigenvalue weighted by Crippen LogP contribution is -2.47. The number of likely N-dealkylation sites (N-methyl/N-ethyl adjacent to an activating group) is 1. The van der Waals surface area contributed by atoms with E-state index in [1.54, 1.807) is 0 Å².